The Morgan fingerprint density at radius 3 is 2.34 bits per heavy atom. The number of hydrogen-bond acceptors (Lipinski definition) is 5. The molecule has 0 aliphatic carbocycles. The van der Waals surface area contributed by atoms with Crippen molar-refractivity contribution in [3.05, 3.63) is 71.4 Å². The quantitative estimate of drug-likeness (QED) is 0.370. The second kappa shape index (κ2) is 11.8. The summed E-state index contributed by atoms with van der Waals surface area (Å²) in [7, 11) is 0. The van der Waals surface area contributed by atoms with E-state index in [2.05, 4.69) is 31.7 Å². The average Bonchev–Trinajstić information content (AvgIpc) is 3.07. The number of nitrogens with zero attached hydrogens (tertiary/aromatic N) is 3. The van der Waals surface area contributed by atoms with Crippen LogP contribution in [0.15, 0.2) is 54.6 Å². The van der Waals surface area contributed by atoms with Gasteiger partial charge in [0.2, 0.25) is 5.88 Å². The van der Waals surface area contributed by atoms with Gasteiger partial charge in [0.1, 0.15) is 5.75 Å². The van der Waals surface area contributed by atoms with E-state index in [4.69, 9.17) is 14.6 Å². The molecule has 0 unspecified atom stereocenters. The summed E-state index contributed by atoms with van der Waals surface area (Å²) in [5.41, 5.74) is 3.71. The minimum absolute atomic E-state index is 0.286. The van der Waals surface area contributed by atoms with Crippen molar-refractivity contribution in [2.45, 2.75) is 66.7 Å². The molecule has 0 saturated carbocycles. The summed E-state index contributed by atoms with van der Waals surface area (Å²) < 4.78 is 14.2. The third-order valence-electron chi connectivity index (χ3n) is 5.52. The zero-order chi connectivity index (χ0) is 25.6. The van der Waals surface area contributed by atoms with E-state index in [-0.39, 0.29) is 5.60 Å². The summed E-state index contributed by atoms with van der Waals surface area (Å²) in [6.45, 7) is 16.7. The number of para-hydroxylation sites is 1. The van der Waals surface area contributed by atoms with E-state index in [1.807, 2.05) is 80.9 Å². The number of rotatable bonds is 11. The Morgan fingerprint density at radius 1 is 1.00 bits per heavy atom. The predicted molar refractivity (Wildman–Crippen MR) is 141 cm³/mol. The summed E-state index contributed by atoms with van der Waals surface area (Å²) in [6.07, 6.45) is -0.585. The molecule has 6 nitrogen and oxygen atoms in total. The average molecular weight is 480 g/mol. The SMILES string of the molecule is Cc1cccc(Oc2c(CN(CC(C)C)C[C@@H](O)COC(C)(C)C)c(C)nn2-c2ccccc2)c1. The second-order valence-electron chi connectivity index (χ2n) is 10.7. The van der Waals surface area contributed by atoms with Gasteiger partial charge in [-0.05, 0) is 70.4 Å². The van der Waals surface area contributed by atoms with Crippen molar-refractivity contribution < 1.29 is 14.6 Å². The molecule has 0 fully saturated rings. The molecule has 3 aromatic rings. The van der Waals surface area contributed by atoms with Gasteiger partial charge in [-0.2, -0.15) is 5.10 Å². The van der Waals surface area contributed by atoms with Crippen LogP contribution >= 0.6 is 0 Å². The van der Waals surface area contributed by atoms with Gasteiger partial charge in [0.25, 0.3) is 0 Å². The van der Waals surface area contributed by atoms with Crippen molar-refractivity contribution in [1.82, 2.24) is 14.7 Å². The molecule has 0 bridgehead atoms. The van der Waals surface area contributed by atoms with Crippen LogP contribution in [0.3, 0.4) is 0 Å². The van der Waals surface area contributed by atoms with Crippen LogP contribution in [-0.4, -0.2) is 51.2 Å². The molecule has 6 heteroatoms. The maximum absolute atomic E-state index is 10.7. The van der Waals surface area contributed by atoms with Gasteiger partial charge in [-0.15, -0.1) is 0 Å². The minimum atomic E-state index is -0.585. The number of benzene rings is 2. The van der Waals surface area contributed by atoms with Crippen LogP contribution in [0.2, 0.25) is 0 Å². The standard InChI is InChI=1S/C29H41N3O3/c1-21(2)17-31(18-25(33)20-34-29(5,6)7)19-27-23(4)30-32(24-13-9-8-10-14-24)28(27)35-26-15-11-12-22(3)16-26/h8-16,21,25,33H,17-20H2,1-7H3/t25-/m1/s1. The van der Waals surface area contributed by atoms with Crippen molar-refractivity contribution in [3.63, 3.8) is 0 Å². The molecule has 0 saturated heterocycles. The molecule has 1 aromatic heterocycles. The Kier molecular flexibility index (Phi) is 9.11. The van der Waals surface area contributed by atoms with E-state index in [0.717, 1.165) is 34.8 Å². The number of aryl methyl sites for hydroxylation is 2. The summed E-state index contributed by atoms with van der Waals surface area (Å²) >= 11 is 0. The van der Waals surface area contributed by atoms with Crippen molar-refractivity contribution in [2.75, 3.05) is 19.7 Å². The highest BCUT2D eigenvalue weighted by molar-refractivity contribution is 5.43. The number of aliphatic hydroxyl groups is 1. The highest BCUT2D eigenvalue weighted by Crippen LogP contribution is 2.32. The third kappa shape index (κ3) is 8.20. The molecule has 2 aromatic carbocycles. The maximum Gasteiger partial charge on any atom is 0.227 e. The molecule has 1 atom stereocenters. The molecule has 0 amide bonds. The Bertz CT molecular complexity index is 1070. The van der Waals surface area contributed by atoms with Crippen LogP contribution < -0.4 is 4.74 Å². The van der Waals surface area contributed by atoms with Crippen LogP contribution in [0.1, 0.15) is 51.4 Å². The van der Waals surface area contributed by atoms with Crippen LogP contribution in [0.5, 0.6) is 11.6 Å². The van der Waals surface area contributed by atoms with Crippen LogP contribution in [-0.2, 0) is 11.3 Å². The zero-order valence-corrected chi connectivity index (χ0v) is 22.3. The monoisotopic (exact) mass is 479 g/mol. The Labute approximate surface area is 210 Å². The molecule has 0 radical (unpaired) electrons. The molecule has 35 heavy (non-hydrogen) atoms. The fourth-order valence-electron chi connectivity index (χ4n) is 4.00. The minimum Gasteiger partial charge on any atom is -0.439 e. The Balaban J connectivity index is 1.93. The summed E-state index contributed by atoms with van der Waals surface area (Å²) in [4.78, 5) is 2.27. The first-order chi connectivity index (χ1) is 16.5. The fraction of sp³-hybridized carbons (Fsp3) is 0.483. The van der Waals surface area contributed by atoms with E-state index in [9.17, 15) is 5.11 Å². The normalized spacial score (nSPS) is 13.0. The lowest BCUT2D eigenvalue weighted by atomic mass is 10.1. The molecule has 3 rings (SSSR count). The molecule has 1 N–H and O–H groups in total. The van der Waals surface area contributed by atoms with Gasteiger partial charge in [-0.25, -0.2) is 4.68 Å². The molecular weight excluding hydrogens is 438 g/mol. The van der Waals surface area contributed by atoms with Crippen molar-refractivity contribution in [2.24, 2.45) is 5.92 Å². The lowest BCUT2D eigenvalue weighted by Gasteiger charge is -2.28. The number of aliphatic hydroxyl groups excluding tert-OH is 1. The van der Waals surface area contributed by atoms with Crippen molar-refractivity contribution in [1.29, 1.82) is 0 Å². The molecular formula is C29H41N3O3. The number of hydrogen-bond donors (Lipinski definition) is 1. The maximum atomic E-state index is 10.7. The van der Waals surface area contributed by atoms with E-state index in [0.29, 0.717) is 31.5 Å². The molecule has 190 valence electrons. The molecule has 1 heterocycles. The van der Waals surface area contributed by atoms with E-state index in [1.165, 1.54) is 0 Å². The van der Waals surface area contributed by atoms with Gasteiger partial charge in [-0.3, -0.25) is 4.90 Å². The lowest BCUT2D eigenvalue weighted by Crippen LogP contribution is -2.38. The zero-order valence-electron chi connectivity index (χ0n) is 22.3. The first-order valence-corrected chi connectivity index (χ1v) is 12.4. The first kappa shape index (κ1) is 26.9. The fourth-order valence-corrected chi connectivity index (χ4v) is 4.00. The Hall–Kier alpha value is -2.67. The Morgan fingerprint density at radius 2 is 1.71 bits per heavy atom. The summed E-state index contributed by atoms with van der Waals surface area (Å²) in [6, 6.07) is 18.1. The first-order valence-electron chi connectivity index (χ1n) is 12.4. The van der Waals surface area contributed by atoms with Crippen molar-refractivity contribution in [3.8, 4) is 17.3 Å². The molecule has 0 spiro atoms. The number of aromatic nitrogens is 2. The topological polar surface area (TPSA) is 59.8 Å². The highest BCUT2D eigenvalue weighted by Gasteiger charge is 2.24. The molecule has 0 aliphatic heterocycles. The highest BCUT2D eigenvalue weighted by atomic mass is 16.5. The van der Waals surface area contributed by atoms with Crippen molar-refractivity contribution >= 4 is 0 Å². The molecule has 0 aliphatic rings. The van der Waals surface area contributed by atoms with Crippen LogP contribution in [0.4, 0.5) is 0 Å². The van der Waals surface area contributed by atoms with Gasteiger partial charge >= 0.3 is 0 Å². The van der Waals surface area contributed by atoms with Gasteiger partial charge in [0.05, 0.1) is 35.3 Å². The van der Waals surface area contributed by atoms with E-state index >= 15 is 0 Å². The lowest BCUT2D eigenvalue weighted by molar-refractivity contribution is -0.0573. The number of ether oxygens (including phenoxy) is 2. The predicted octanol–water partition coefficient (Wildman–Crippen LogP) is 5.92. The van der Waals surface area contributed by atoms with Crippen LogP contribution in [0, 0.1) is 19.8 Å². The van der Waals surface area contributed by atoms with Gasteiger partial charge in [0.15, 0.2) is 0 Å². The summed E-state index contributed by atoms with van der Waals surface area (Å²) in [5.74, 6) is 1.92. The van der Waals surface area contributed by atoms with E-state index < -0.39 is 6.10 Å². The largest absolute Gasteiger partial charge is 0.439 e. The second-order valence-corrected chi connectivity index (χ2v) is 10.7. The summed E-state index contributed by atoms with van der Waals surface area (Å²) in [5, 5.41) is 15.6. The smallest absolute Gasteiger partial charge is 0.227 e. The third-order valence-corrected chi connectivity index (χ3v) is 5.52. The van der Waals surface area contributed by atoms with Gasteiger partial charge in [0, 0.05) is 19.6 Å². The van der Waals surface area contributed by atoms with E-state index in [1.54, 1.807) is 0 Å². The van der Waals surface area contributed by atoms with Gasteiger partial charge in [-0.1, -0.05) is 44.2 Å². The van der Waals surface area contributed by atoms with Gasteiger partial charge < -0.3 is 14.6 Å². The van der Waals surface area contributed by atoms with Crippen LogP contribution in [0.25, 0.3) is 5.69 Å².